The number of rotatable bonds is 2. The van der Waals surface area contributed by atoms with Gasteiger partial charge < -0.3 is 4.42 Å². The molecule has 3 aromatic rings. The summed E-state index contributed by atoms with van der Waals surface area (Å²) in [6, 6.07) is 24.8. The average molecular weight is 254 g/mol. The predicted octanol–water partition coefficient (Wildman–Crippen LogP) is 3.60. The van der Waals surface area contributed by atoms with Crippen LogP contribution in [0.4, 0.5) is 0 Å². The summed E-state index contributed by atoms with van der Waals surface area (Å²) in [6.45, 7) is 0. The Kier molecular flexibility index (Phi) is 5.23. The molecule has 0 aliphatic carbocycles. The van der Waals surface area contributed by atoms with Crippen molar-refractivity contribution >= 4 is 19.2 Å². The summed E-state index contributed by atoms with van der Waals surface area (Å²) in [5.41, 5.74) is 0. The zero-order valence-corrected chi connectivity index (χ0v) is 11.0. The van der Waals surface area contributed by atoms with Gasteiger partial charge in [-0.05, 0) is 22.7 Å². The summed E-state index contributed by atoms with van der Waals surface area (Å²) < 4.78 is 4.58. The van der Waals surface area contributed by atoms with Gasteiger partial charge in [-0.1, -0.05) is 69.2 Å². The molecule has 0 atom stereocenters. The van der Waals surface area contributed by atoms with Gasteiger partial charge in [-0.2, -0.15) is 0 Å². The first-order chi connectivity index (χ1) is 8.95. The monoisotopic (exact) mass is 254 g/mol. The maximum Gasteiger partial charge on any atom is 0.0902 e. The van der Waals surface area contributed by atoms with Gasteiger partial charge in [0.25, 0.3) is 0 Å². The summed E-state index contributed by atoms with van der Waals surface area (Å²) in [5.74, 6) is 0. The molecule has 2 heteroatoms. The molecular formula is C16H15OP. The highest BCUT2D eigenvalue weighted by Crippen LogP contribution is 2.08. The summed E-state index contributed by atoms with van der Waals surface area (Å²) >= 11 is 0. The highest BCUT2D eigenvalue weighted by Gasteiger charge is 1.92. The van der Waals surface area contributed by atoms with E-state index in [0.717, 1.165) is 8.58 Å². The first-order valence-electron chi connectivity index (χ1n) is 5.79. The minimum atomic E-state index is 0.777. The third kappa shape index (κ3) is 4.57. The Morgan fingerprint density at radius 2 is 1.00 bits per heavy atom. The standard InChI is InChI=1S/C12H11P.C4H4O/c1-3-7-11(8-4-1)13-12-9-5-2-6-10-12;1-2-4-5-3-1/h1-10,13H;1-4H. The molecule has 1 nitrogen and oxygen atoms in total. The van der Waals surface area contributed by atoms with Gasteiger partial charge in [0, 0.05) is 0 Å². The molecule has 1 heterocycles. The van der Waals surface area contributed by atoms with Crippen LogP contribution in [0.2, 0.25) is 0 Å². The van der Waals surface area contributed by atoms with E-state index in [9.17, 15) is 0 Å². The van der Waals surface area contributed by atoms with E-state index in [2.05, 4.69) is 65.1 Å². The number of hydrogen-bond donors (Lipinski definition) is 0. The van der Waals surface area contributed by atoms with Crippen LogP contribution >= 0.6 is 8.58 Å². The zero-order chi connectivity index (χ0) is 12.5. The number of furan rings is 1. The molecular weight excluding hydrogens is 239 g/mol. The molecule has 0 N–H and O–H groups in total. The van der Waals surface area contributed by atoms with E-state index in [4.69, 9.17) is 0 Å². The quantitative estimate of drug-likeness (QED) is 0.637. The summed E-state index contributed by atoms with van der Waals surface area (Å²) in [5, 5.41) is 2.79. The fourth-order valence-electron chi connectivity index (χ4n) is 1.44. The minimum Gasteiger partial charge on any atom is -0.473 e. The fraction of sp³-hybridized carbons (Fsp3) is 0. The lowest BCUT2D eigenvalue weighted by Gasteiger charge is -2.00. The van der Waals surface area contributed by atoms with Crippen LogP contribution in [0.3, 0.4) is 0 Å². The molecule has 0 bridgehead atoms. The Morgan fingerprint density at radius 3 is 1.33 bits per heavy atom. The summed E-state index contributed by atoms with van der Waals surface area (Å²) in [4.78, 5) is 0. The van der Waals surface area contributed by atoms with E-state index in [-0.39, 0.29) is 0 Å². The van der Waals surface area contributed by atoms with E-state index in [1.165, 1.54) is 10.6 Å². The molecule has 0 unspecified atom stereocenters. The fourth-order valence-corrected chi connectivity index (χ4v) is 2.49. The molecule has 0 amide bonds. The van der Waals surface area contributed by atoms with Crippen LogP contribution in [0, 0.1) is 0 Å². The van der Waals surface area contributed by atoms with Crippen molar-refractivity contribution in [2.45, 2.75) is 0 Å². The van der Waals surface area contributed by atoms with Crippen molar-refractivity contribution in [1.82, 2.24) is 0 Å². The first-order valence-corrected chi connectivity index (χ1v) is 6.79. The van der Waals surface area contributed by atoms with Crippen LogP contribution in [-0.4, -0.2) is 0 Å². The molecule has 0 spiro atoms. The zero-order valence-electron chi connectivity index (χ0n) is 9.99. The Bertz CT molecular complexity index is 463. The minimum absolute atomic E-state index is 0.777. The molecule has 0 fully saturated rings. The van der Waals surface area contributed by atoms with Crippen molar-refractivity contribution in [1.29, 1.82) is 0 Å². The van der Waals surface area contributed by atoms with Crippen LogP contribution in [0.1, 0.15) is 0 Å². The molecule has 0 aliphatic heterocycles. The first kappa shape index (κ1) is 12.6. The number of hydrogen-bond acceptors (Lipinski definition) is 1. The van der Waals surface area contributed by atoms with Gasteiger partial charge in [-0.15, -0.1) is 0 Å². The highest BCUT2D eigenvalue weighted by atomic mass is 31.1. The molecule has 1 aromatic heterocycles. The maximum atomic E-state index is 4.58. The Labute approximate surface area is 109 Å². The summed E-state index contributed by atoms with van der Waals surface area (Å²) in [6.07, 6.45) is 3.25. The van der Waals surface area contributed by atoms with Gasteiger partial charge >= 0.3 is 0 Å². The maximum absolute atomic E-state index is 4.58. The van der Waals surface area contributed by atoms with Crippen LogP contribution in [0.5, 0.6) is 0 Å². The second-order valence-electron chi connectivity index (χ2n) is 3.65. The molecule has 0 saturated heterocycles. The van der Waals surface area contributed by atoms with Crippen LogP contribution in [0.25, 0.3) is 0 Å². The van der Waals surface area contributed by atoms with Gasteiger partial charge in [-0.3, -0.25) is 0 Å². The Hall–Kier alpha value is -1.85. The molecule has 0 aliphatic rings. The van der Waals surface area contributed by atoms with Gasteiger partial charge in [-0.25, -0.2) is 0 Å². The van der Waals surface area contributed by atoms with E-state index in [0.29, 0.717) is 0 Å². The van der Waals surface area contributed by atoms with Crippen molar-refractivity contribution in [2.75, 3.05) is 0 Å². The van der Waals surface area contributed by atoms with Crippen molar-refractivity contribution in [3.05, 3.63) is 85.3 Å². The number of benzene rings is 2. The van der Waals surface area contributed by atoms with Gasteiger partial charge in [0.1, 0.15) is 0 Å². The Balaban J connectivity index is 0.000000202. The third-order valence-electron chi connectivity index (χ3n) is 2.26. The van der Waals surface area contributed by atoms with Crippen LogP contribution in [0.15, 0.2) is 89.7 Å². The lowest BCUT2D eigenvalue weighted by atomic mass is 10.4. The predicted molar refractivity (Wildman–Crippen MR) is 79.2 cm³/mol. The lowest BCUT2D eigenvalue weighted by Crippen LogP contribution is -2.01. The van der Waals surface area contributed by atoms with E-state index < -0.39 is 0 Å². The highest BCUT2D eigenvalue weighted by molar-refractivity contribution is 7.55. The van der Waals surface area contributed by atoms with Crippen LogP contribution in [-0.2, 0) is 0 Å². The van der Waals surface area contributed by atoms with Crippen molar-refractivity contribution < 1.29 is 4.42 Å². The van der Waals surface area contributed by atoms with Crippen molar-refractivity contribution in [2.24, 2.45) is 0 Å². The van der Waals surface area contributed by atoms with E-state index in [1.807, 2.05) is 12.1 Å². The average Bonchev–Trinajstić information content (AvgIpc) is 3.00. The van der Waals surface area contributed by atoms with Crippen molar-refractivity contribution in [3.63, 3.8) is 0 Å². The smallest absolute Gasteiger partial charge is 0.0902 e. The van der Waals surface area contributed by atoms with Crippen LogP contribution < -0.4 is 10.6 Å². The van der Waals surface area contributed by atoms with E-state index in [1.54, 1.807) is 12.5 Å². The molecule has 2 aromatic carbocycles. The molecule has 3 rings (SSSR count). The lowest BCUT2D eigenvalue weighted by molar-refractivity contribution is 0.567. The second-order valence-corrected chi connectivity index (χ2v) is 5.05. The summed E-state index contributed by atoms with van der Waals surface area (Å²) in [7, 11) is 0.777. The third-order valence-corrected chi connectivity index (χ3v) is 3.51. The molecule has 0 saturated carbocycles. The Morgan fingerprint density at radius 1 is 0.556 bits per heavy atom. The topological polar surface area (TPSA) is 13.1 Å². The van der Waals surface area contributed by atoms with Gasteiger partial charge in [0.15, 0.2) is 0 Å². The van der Waals surface area contributed by atoms with Gasteiger partial charge in [0.2, 0.25) is 0 Å². The van der Waals surface area contributed by atoms with Gasteiger partial charge in [0.05, 0.1) is 12.5 Å². The second kappa shape index (κ2) is 7.47. The molecule has 90 valence electrons. The van der Waals surface area contributed by atoms with Crippen molar-refractivity contribution in [3.8, 4) is 0 Å². The normalized spacial score (nSPS) is 9.33. The largest absolute Gasteiger partial charge is 0.473 e. The molecule has 18 heavy (non-hydrogen) atoms. The van der Waals surface area contributed by atoms with E-state index >= 15 is 0 Å². The molecule has 0 radical (unpaired) electrons. The SMILES string of the molecule is c1ccc(Pc2ccccc2)cc1.c1ccoc1.